The van der Waals surface area contributed by atoms with E-state index in [4.69, 9.17) is 4.98 Å². The molecule has 0 saturated carbocycles. The quantitative estimate of drug-likeness (QED) is 0.193. The second-order valence-electron chi connectivity index (χ2n) is 11.2. The van der Waals surface area contributed by atoms with Crippen molar-refractivity contribution in [3.63, 3.8) is 0 Å². The number of hydrogen-bond acceptors (Lipinski definition) is 4. The van der Waals surface area contributed by atoms with Gasteiger partial charge < -0.3 is 4.90 Å². The first-order valence-corrected chi connectivity index (χ1v) is 16.7. The molecule has 0 unspecified atom stereocenters. The highest BCUT2D eigenvalue weighted by Gasteiger charge is 2.19. The van der Waals surface area contributed by atoms with Crippen LogP contribution in [-0.4, -0.2) is 4.98 Å². The minimum Gasteiger partial charge on any atom is -0.309 e. The Morgan fingerprint density at radius 2 is 1.00 bits per heavy atom. The number of thiophene rings is 2. The summed E-state index contributed by atoms with van der Waals surface area (Å²) in [5, 5.41) is 3.82. The molecule has 0 aliphatic rings. The molecule has 212 valence electrons. The summed E-state index contributed by atoms with van der Waals surface area (Å²) in [7, 11) is 0. The van der Waals surface area contributed by atoms with E-state index in [1.54, 1.807) is 0 Å². The minimum atomic E-state index is 1.08. The monoisotopic (exact) mass is 610 g/mol. The Bertz CT molecular complexity index is 2470. The van der Waals surface area contributed by atoms with Crippen LogP contribution in [0.4, 0.5) is 17.1 Å². The summed E-state index contributed by atoms with van der Waals surface area (Å²) in [5.74, 6) is 0. The van der Waals surface area contributed by atoms with Crippen LogP contribution >= 0.6 is 22.7 Å². The van der Waals surface area contributed by atoms with Gasteiger partial charge in [0, 0.05) is 48.7 Å². The zero-order chi connectivity index (χ0) is 29.7. The fraction of sp³-hybridized carbons (Fsp3) is 0. The third-order valence-corrected chi connectivity index (χ3v) is 11.0. The van der Waals surface area contributed by atoms with Crippen LogP contribution in [0.25, 0.3) is 62.7 Å². The van der Waals surface area contributed by atoms with E-state index in [0.717, 1.165) is 16.9 Å². The number of aromatic nitrogens is 1. The minimum absolute atomic E-state index is 1.08. The zero-order valence-electron chi connectivity index (χ0n) is 24.2. The lowest BCUT2D eigenvalue weighted by molar-refractivity contribution is 1.30. The van der Waals surface area contributed by atoms with E-state index in [1.807, 2.05) is 28.9 Å². The van der Waals surface area contributed by atoms with Crippen LogP contribution in [0.2, 0.25) is 0 Å². The van der Waals surface area contributed by atoms with Crippen LogP contribution in [-0.2, 0) is 0 Å². The molecule has 0 spiro atoms. The number of anilines is 3. The molecule has 9 rings (SSSR count). The molecule has 0 saturated heterocycles. The molecule has 3 aromatic heterocycles. The predicted octanol–water partition coefficient (Wildman–Crippen LogP) is 12.6. The van der Waals surface area contributed by atoms with Crippen molar-refractivity contribution in [3.05, 3.63) is 158 Å². The van der Waals surface area contributed by atoms with Crippen molar-refractivity contribution in [3.8, 4) is 22.3 Å². The van der Waals surface area contributed by atoms with Gasteiger partial charge in [0.25, 0.3) is 0 Å². The SMILES string of the molecule is c1ccc(-c2ccc(N(c3ccc(-c4ccnc5c4sc4ccccc45)cc3)c3cccc4c3sc3ccccc34)cc2)cc1. The van der Waals surface area contributed by atoms with E-state index in [9.17, 15) is 0 Å². The Morgan fingerprint density at radius 3 is 1.76 bits per heavy atom. The van der Waals surface area contributed by atoms with Gasteiger partial charge in [-0.3, -0.25) is 4.98 Å². The maximum absolute atomic E-state index is 4.76. The molecule has 0 amide bonds. The van der Waals surface area contributed by atoms with Gasteiger partial charge >= 0.3 is 0 Å². The number of fused-ring (bicyclic) bond motifs is 6. The second-order valence-corrected chi connectivity index (χ2v) is 13.3. The number of benzene rings is 6. The molecule has 9 aromatic rings. The molecule has 45 heavy (non-hydrogen) atoms. The number of hydrogen-bond donors (Lipinski definition) is 0. The van der Waals surface area contributed by atoms with Gasteiger partial charge in [-0.05, 0) is 65.2 Å². The average Bonchev–Trinajstić information content (AvgIpc) is 3.69. The summed E-state index contributed by atoms with van der Waals surface area (Å²) >= 11 is 3.68. The molecule has 0 aliphatic heterocycles. The van der Waals surface area contributed by atoms with Crippen molar-refractivity contribution < 1.29 is 0 Å². The first kappa shape index (κ1) is 26.1. The fourth-order valence-corrected chi connectivity index (χ4v) is 8.79. The molecule has 0 N–H and O–H groups in total. The first-order chi connectivity index (χ1) is 22.3. The Balaban J connectivity index is 1.19. The van der Waals surface area contributed by atoms with E-state index in [-0.39, 0.29) is 0 Å². The third-order valence-electron chi connectivity index (χ3n) is 8.55. The second kappa shape index (κ2) is 10.7. The van der Waals surface area contributed by atoms with E-state index < -0.39 is 0 Å². The summed E-state index contributed by atoms with van der Waals surface area (Å²) < 4.78 is 5.09. The molecule has 0 radical (unpaired) electrons. The maximum Gasteiger partial charge on any atom is 0.0894 e. The fourth-order valence-electron chi connectivity index (χ4n) is 6.39. The molecule has 4 heteroatoms. The number of nitrogens with zero attached hydrogens (tertiary/aromatic N) is 2. The van der Waals surface area contributed by atoms with Crippen LogP contribution in [0.3, 0.4) is 0 Å². The van der Waals surface area contributed by atoms with Crippen molar-refractivity contribution in [1.82, 2.24) is 4.98 Å². The number of pyridine rings is 1. The number of rotatable bonds is 5. The molecular weight excluding hydrogens is 585 g/mol. The van der Waals surface area contributed by atoms with E-state index in [0.29, 0.717) is 0 Å². The average molecular weight is 611 g/mol. The van der Waals surface area contributed by atoms with E-state index in [2.05, 4.69) is 157 Å². The highest BCUT2D eigenvalue weighted by atomic mass is 32.1. The Labute approximate surface area is 269 Å². The van der Waals surface area contributed by atoms with Gasteiger partial charge in [0.1, 0.15) is 0 Å². The van der Waals surface area contributed by atoms with Gasteiger partial charge in [0.05, 0.1) is 20.6 Å². The third kappa shape index (κ3) is 4.41. The molecule has 3 heterocycles. The van der Waals surface area contributed by atoms with Crippen LogP contribution in [0.1, 0.15) is 0 Å². The normalized spacial score (nSPS) is 11.6. The van der Waals surface area contributed by atoms with Gasteiger partial charge in [-0.1, -0.05) is 103 Å². The molecule has 2 nitrogen and oxygen atoms in total. The molecule has 6 aromatic carbocycles. The van der Waals surface area contributed by atoms with Crippen molar-refractivity contribution in [2.45, 2.75) is 0 Å². The summed E-state index contributed by atoms with van der Waals surface area (Å²) in [5.41, 5.74) is 9.35. The van der Waals surface area contributed by atoms with Crippen molar-refractivity contribution in [1.29, 1.82) is 0 Å². The van der Waals surface area contributed by atoms with Crippen LogP contribution in [0, 0.1) is 0 Å². The smallest absolute Gasteiger partial charge is 0.0894 e. The molecule has 0 aliphatic carbocycles. The first-order valence-electron chi connectivity index (χ1n) is 15.0. The summed E-state index contributed by atoms with van der Waals surface area (Å²) in [6.45, 7) is 0. The molecular formula is C41H26N2S2. The topological polar surface area (TPSA) is 16.1 Å². The molecule has 0 atom stereocenters. The van der Waals surface area contributed by atoms with Gasteiger partial charge in [-0.2, -0.15) is 0 Å². The highest BCUT2D eigenvalue weighted by Crippen LogP contribution is 2.45. The molecule has 0 fully saturated rings. The standard InChI is InChI=1S/C41H26N2S2/c1-2-9-27(10-3-1)28-17-21-30(22-18-28)43(36-14-8-13-34-33-11-4-6-15-37(33)44-40(34)36)31-23-19-29(20-24-31)32-25-26-42-39-35-12-5-7-16-38(35)45-41(32)39/h1-26H. The van der Waals surface area contributed by atoms with Crippen LogP contribution in [0.15, 0.2) is 158 Å². The van der Waals surface area contributed by atoms with Crippen molar-refractivity contribution in [2.24, 2.45) is 0 Å². The van der Waals surface area contributed by atoms with Crippen LogP contribution < -0.4 is 4.90 Å². The van der Waals surface area contributed by atoms with Gasteiger partial charge in [-0.15, -0.1) is 22.7 Å². The maximum atomic E-state index is 4.76. The van der Waals surface area contributed by atoms with Crippen molar-refractivity contribution >= 4 is 80.2 Å². The Kier molecular flexibility index (Phi) is 6.22. The molecule has 0 bridgehead atoms. The van der Waals surface area contributed by atoms with E-state index in [1.165, 1.54) is 62.9 Å². The summed E-state index contributed by atoms with van der Waals surface area (Å²) in [6, 6.07) is 54.6. The lowest BCUT2D eigenvalue weighted by Gasteiger charge is -2.26. The lowest BCUT2D eigenvalue weighted by Crippen LogP contribution is -2.10. The lowest BCUT2D eigenvalue weighted by atomic mass is 10.0. The van der Waals surface area contributed by atoms with E-state index >= 15 is 0 Å². The van der Waals surface area contributed by atoms with Crippen molar-refractivity contribution in [2.75, 3.05) is 4.90 Å². The highest BCUT2D eigenvalue weighted by molar-refractivity contribution is 7.26. The Hall–Kier alpha value is -5.29. The summed E-state index contributed by atoms with van der Waals surface area (Å²) in [4.78, 5) is 7.16. The largest absolute Gasteiger partial charge is 0.309 e. The predicted molar refractivity (Wildman–Crippen MR) is 196 cm³/mol. The van der Waals surface area contributed by atoms with Gasteiger partial charge in [-0.25, -0.2) is 0 Å². The summed E-state index contributed by atoms with van der Waals surface area (Å²) in [6.07, 6.45) is 1.94. The van der Waals surface area contributed by atoms with Gasteiger partial charge in [0.2, 0.25) is 0 Å². The Morgan fingerprint density at radius 1 is 0.422 bits per heavy atom. The van der Waals surface area contributed by atoms with Gasteiger partial charge in [0.15, 0.2) is 0 Å². The van der Waals surface area contributed by atoms with Crippen LogP contribution in [0.5, 0.6) is 0 Å². The zero-order valence-corrected chi connectivity index (χ0v) is 25.9.